The van der Waals surface area contributed by atoms with Gasteiger partial charge >= 0.3 is 0 Å². The molecule has 19 heavy (non-hydrogen) atoms. The summed E-state index contributed by atoms with van der Waals surface area (Å²) in [5, 5.41) is 2.51. The first kappa shape index (κ1) is 12.6. The molecule has 0 spiro atoms. The van der Waals surface area contributed by atoms with E-state index in [-0.39, 0.29) is 5.41 Å². The minimum atomic E-state index is 0.206. The summed E-state index contributed by atoms with van der Waals surface area (Å²) in [5.41, 5.74) is 8.81. The number of fused-ring (bicyclic) bond motifs is 1. The topological polar surface area (TPSA) is 38.9 Å². The van der Waals surface area contributed by atoms with Gasteiger partial charge in [0.2, 0.25) is 0 Å². The van der Waals surface area contributed by atoms with Gasteiger partial charge < -0.3 is 5.73 Å². The van der Waals surface area contributed by atoms with E-state index in [9.17, 15) is 0 Å². The molecule has 100 valence electrons. The zero-order chi connectivity index (χ0) is 13.3. The molecule has 1 aromatic heterocycles. The van der Waals surface area contributed by atoms with E-state index in [1.54, 1.807) is 0 Å². The maximum Gasteiger partial charge on any atom is 0.0379 e. The zero-order valence-electron chi connectivity index (χ0n) is 11.7. The van der Waals surface area contributed by atoms with Gasteiger partial charge in [-0.05, 0) is 42.8 Å². The van der Waals surface area contributed by atoms with Gasteiger partial charge in [-0.3, -0.25) is 4.98 Å². The van der Waals surface area contributed by atoms with Crippen LogP contribution in [0.5, 0.6) is 0 Å². The normalized spacial score (nSPS) is 18.6. The fourth-order valence-corrected chi connectivity index (χ4v) is 3.42. The Hall–Kier alpha value is -1.41. The number of hydrogen-bond donors (Lipinski definition) is 1. The van der Waals surface area contributed by atoms with Crippen molar-refractivity contribution in [2.75, 3.05) is 6.54 Å². The third kappa shape index (κ3) is 2.25. The van der Waals surface area contributed by atoms with Crippen molar-refractivity contribution in [2.24, 2.45) is 5.73 Å². The summed E-state index contributed by atoms with van der Waals surface area (Å²) in [5.74, 6) is 0. The molecule has 0 bridgehead atoms. The molecule has 1 aromatic carbocycles. The lowest BCUT2D eigenvalue weighted by molar-refractivity contribution is 0.301. The second-order valence-corrected chi connectivity index (χ2v) is 5.93. The van der Waals surface area contributed by atoms with E-state index in [2.05, 4.69) is 29.2 Å². The third-order valence-electron chi connectivity index (χ3n) is 4.67. The maximum absolute atomic E-state index is 6.12. The van der Waals surface area contributed by atoms with Crippen molar-refractivity contribution in [3.63, 3.8) is 0 Å². The Kier molecular flexibility index (Phi) is 3.28. The Balaban J connectivity index is 2.06. The van der Waals surface area contributed by atoms with Crippen molar-refractivity contribution in [3.8, 4) is 0 Å². The molecule has 2 aromatic rings. The number of aromatic nitrogens is 1. The highest BCUT2D eigenvalue weighted by Gasteiger charge is 2.32. The minimum absolute atomic E-state index is 0.206. The van der Waals surface area contributed by atoms with Crippen LogP contribution in [0.1, 0.15) is 43.4 Å². The predicted molar refractivity (Wildman–Crippen MR) is 80.3 cm³/mol. The van der Waals surface area contributed by atoms with Crippen molar-refractivity contribution in [2.45, 2.75) is 44.4 Å². The molecular weight excluding hydrogens is 232 g/mol. The summed E-state index contributed by atoms with van der Waals surface area (Å²) in [4.78, 5) is 4.41. The Morgan fingerprint density at radius 3 is 2.63 bits per heavy atom. The van der Waals surface area contributed by atoms with Gasteiger partial charge in [0.05, 0.1) is 0 Å². The predicted octanol–water partition coefficient (Wildman–Crippen LogP) is 3.70. The lowest BCUT2D eigenvalue weighted by Crippen LogP contribution is -2.37. The van der Waals surface area contributed by atoms with Crippen molar-refractivity contribution in [1.29, 1.82) is 0 Å². The number of nitrogens with zero attached hydrogens (tertiary/aromatic N) is 1. The van der Waals surface area contributed by atoms with Crippen molar-refractivity contribution in [1.82, 2.24) is 4.98 Å². The Morgan fingerprint density at radius 2 is 1.89 bits per heavy atom. The van der Waals surface area contributed by atoms with Gasteiger partial charge in [0, 0.05) is 29.2 Å². The van der Waals surface area contributed by atoms with Gasteiger partial charge in [0.25, 0.3) is 0 Å². The third-order valence-corrected chi connectivity index (χ3v) is 4.67. The summed E-state index contributed by atoms with van der Waals surface area (Å²) in [7, 11) is 0. The van der Waals surface area contributed by atoms with Gasteiger partial charge in [-0.25, -0.2) is 0 Å². The van der Waals surface area contributed by atoms with Gasteiger partial charge in [-0.2, -0.15) is 0 Å². The van der Waals surface area contributed by atoms with Crippen LogP contribution in [0.2, 0.25) is 0 Å². The van der Waals surface area contributed by atoms with Gasteiger partial charge in [-0.15, -0.1) is 0 Å². The second kappa shape index (κ2) is 4.93. The molecule has 0 atom stereocenters. The van der Waals surface area contributed by atoms with Crippen LogP contribution in [-0.2, 0) is 5.41 Å². The van der Waals surface area contributed by atoms with E-state index in [4.69, 9.17) is 5.73 Å². The van der Waals surface area contributed by atoms with Crippen molar-refractivity contribution >= 4 is 10.8 Å². The summed E-state index contributed by atoms with van der Waals surface area (Å²) in [6.45, 7) is 2.80. The Labute approximate surface area is 115 Å². The molecule has 0 amide bonds. The first-order valence-corrected chi connectivity index (χ1v) is 7.30. The summed E-state index contributed by atoms with van der Waals surface area (Å²) in [6, 6.07) is 8.96. The van der Waals surface area contributed by atoms with Crippen molar-refractivity contribution < 1.29 is 0 Å². The van der Waals surface area contributed by atoms with E-state index in [1.807, 2.05) is 13.1 Å². The van der Waals surface area contributed by atoms with E-state index >= 15 is 0 Å². The second-order valence-electron chi connectivity index (χ2n) is 5.93. The van der Waals surface area contributed by atoms with Crippen LogP contribution in [0.15, 0.2) is 30.5 Å². The number of benzene rings is 1. The molecule has 0 aliphatic heterocycles. The van der Waals surface area contributed by atoms with Crippen LogP contribution in [0.4, 0.5) is 0 Å². The van der Waals surface area contributed by atoms with E-state index in [1.165, 1.54) is 48.4 Å². The molecule has 2 nitrogen and oxygen atoms in total. The molecule has 1 aliphatic carbocycles. The van der Waals surface area contributed by atoms with Gasteiger partial charge in [0.1, 0.15) is 0 Å². The van der Waals surface area contributed by atoms with Crippen LogP contribution >= 0.6 is 0 Å². The molecule has 1 fully saturated rings. The molecule has 1 heterocycles. The Morgan fingerprint density at radius 1 is 1.11 bits per heavy atom. The largest absolute Gasteiger partial charge is 0.330 e. The number of nitrogens with two attached hydrogens (primary N) is 1. The first-order valence-electron chi connectivity index (χ1n) is 7.30. The minimum Gasteiger partial charge on any atom is -0.330 e. The highest BCUT2D eigenvalue weighted by molar-refractivity contribution is 5.82. The van der Waals surface area contributed by atoms with E-state index < -0.39 is 0 Å². The van der Waals surface area contributed by atoms with Gasteiger partial charge in [0.15, 0.2) is 0 Å². The molecular formula is C17H22N2. The lowest BCUT2D eigenvalue weighted by atomic mass is 9.69. The zero-order valence-corrected chi connectivity index (χ0v) is 11.7. The summed E-state index contributed by atoms with van der Waals surface area (Å²) >= 11 is 0. The molecule has 0 radical (unpaired) electrons. The van der Waals surface area contributed by atoms with E-state index in [0.29, 0.717) is 0 Å². The monoisotopic (exact) mass is 254 g/mol. The lowest BCUT2D eigenvalue weighted by Gasteiger charge is -2.37. The average molecular weight is 254 g/mol. The molecule has 1 aliphatic rings. The fraction of sp³-hybridized carbons (Fsp3) is 0.471. The van der Waals surface area contributed by atoms with Crippen LogP contribution < -0.4 is 5.73 Å². The summed E-state index contributed by atoms with van der Waals surface area (Å²) < 4.78 is 0. The maximum atomic E-state index is 6.12. The highest BCUT2D eigenvalue weighted by Crippen LogP contribution is 2.39. The van der Waals surface area contributed by atoms with Crippen LogP contribution in [0, 0.1) is 6.92 Å². The van der Waals surface area contributed by atoms with Crippen LogP contribution in [0.3, 0.4) is 0 Å². The number of hydrogen-bond acceptors (Lipinski definition) is 2. The molecule has 3 rings (SSSR count). The standard InChI is InChI=1S/C17H22N2/c1-13-9-14-5-6-16(10-15(14)11-19-13)17(12-18)7-3-2-4-8-17/h5-6,9-11H,2-4,7-8,12,18H2,1H3. The quantitative estimate of drug-likeness (QED) is 0.887. The number of rotatable bonds is 2. The summed E-state index contributed by atoms with van der Waals surface area (Å²) in [6.07, 6.45) is 8.42. The Bertz CT molecular complexity index is 583. The van der Waals surface area contributed by atoms with E-state index in [0.717, 1.165) is 12.2 Å². The highest BCUT2D eigenvalue weighted by atomic mass is 14.7. The molecule has 0 unspecified atom stereocenters. The number of pyridine rings is 1. The van der Waals surface area contributed by atoms with Crippen LogP contribution in [-0.4, -0.2) is 11.5 Å². The average Bonchev–Trinajstić information content (AvgIpc) is 2.47. The van der Waals surface area contributed by atoms with Gasteiger partial charge in [-0.1, -0.05) is 31.4 Å². The molecule has 0 saturated heterocycles. The molecule has 2 N–H and O–H groups in total. The van der Waals surface area contributed by atoms with Crippen molar-refractivity contribution in [3.05, 3.63) is 41.7 Å². The number of aryl methyl sites for hydroxylation is 1. The molecule has 1 saturated carbocycles. The smallest absolute Gasteiger partial charge is 0.0379 e. The fourth-order valence-electron chi connectivity index (χ4n) is 3.42. The SMILES string of the molecule is Cc1cc2ccc(C3(CN)CCCCC3)cc2cn1. The van der Waals surface area contributed by atoms with Crippen LogP contribution in [0.25, 0.3) is 10.8 Å². The first-order chi connectivity index (χ1) is 9.23. The molecule has 2 heteroatoms.